The van der Waals surface area contributed by atoms with Crippen molar-refractivity contribution in [3.05, 3.63) is 0 Å². The summed E-state index contributed by atoms with van der Waals surface area (Å²) in [6, 6.07) is 0. The van der Waals surface area contributed by atoms with Crippen molar-refractivity contribution in [2.45, 2.75) is 6.42 Å². The van der Waals surface area contributed by atoms with Crippen LogP contribution in [0.2, 0.25) is 0 Å². The molecule has 0 bridgehead atoms. The Labute approximate surface area is 43.8 Å². The Morgan fingerprint density at radius 3 is 2.14 bits per heavy atom. The van der Waals surface area contributed by atoms with Crippen LogP contribution in [0.25, 0.3) is 0 Å². The summed E-state index contributed by atoms with van der Waals surface area (Å²) in [5, 5.41) is 0. The molecule has 42 valence electrons. The molecule has 0 radical (unpaired) electrons. The lowest BCUT2D eigenvalue weighted by Crippen LogP contribution is -2.29. The van der Waals surface area contributed by atoms with Crippen LogP contribution < -0.4 is 0 Å². The second kappa shape index (κ2) is 2.42. The lowest BCUT2D eigenvalue weighted by Gasteiger charge is -2.15. The van der Waals surface area contributed by atoms with Crippen LogP contribution >= 0.6 is 0 Å². The maximum Gasteiger partial charge on any atom is 0.481 e. The summed E-state index contributed by atoms with van der Waals surface area (Å²) < 4.78 is 9.50. The van der Waals surface area contributed by atoms with Crippen LogP contribution in [0.5, 0.6) is 0 Å². The summed E-state index contributed by atoms with van der Waals surface area (Å²) >= 11 is 0. The van der Waals surface area contributed by atoms with E-state index in [9.17, 15) is 0 Å². The van der Waals surface area contributed by atoms with E-state index in [4.69, 9.17) is 13.6 Å². The maximum absolute atomic E-state index is 8.60. The van der Waals surface area contributed by atoms with Crippen molar-refractivity contribution < 1.29 is 13.6 Å². The summed E-state index contributed by atoms with van der Waals surface area (Å²) in [7, 11) is -2.09. The molecule has 1 N–H and O–H groups in total. The van der Waals surface area contributed by atoms with Gasteiger partial charge in [0.25, 0.3) is 0 Å². The molecule has 1 aliphatic rings. The van der Waals surface area contributed by atoms with E-state index in [2.05, 4.69) is 0 Å². The van der Waals surface area contributed by atoms with Crippen LogP contribution in [0.15, 0.2) is 0 Å². The van der Waals surface area contributed by atoms with Gasteiger partial charge in [-0.1, -0.05) is 0 Å². The van der Waals surface area contributed by atoms with Crippen molar-refractivity contribution in [2.24, 2.45) is 0 Å². The summed E-state index contributed by atoms with van der Waals surface area (Å²) in [4.78, 5) is 8.60. The van der Waals surface area contributed by atoms with Crippen molar-refractivity contribution in [3.8, 4) is 0 Å². The number of rotatable bonds is 0. The van der Waals surface area contributed by atoms with Crippen LogP contribution in [0.3, 0.4) is 0 Å². The van der Waals surface area contributed by atoms with Gasteiger partial charge in [0.05, 0.1) is 0 Å². The molecule has 1 rings (SSSR count). The summed E-state index contributed by atoms with van der Waals surface area (Å²) in [5.41, 5.74) is 0. The Balaban J connectivity index is 2.12. The Morgan fingerprint density at radius 2 is 1.86 bits per heavy atom. The maximum atomic E-state index is 8.60. The molecular weight excluding hydrogens is 112 g/mol. The topological polar surface area (TPSA) is 38.7 Å². The van der Waals surface area contributed by atoms with Crippen LogP contribution in [0, 0.1) is 0 Å². The Bertz CT molecular complexity index is 52.1. The Hall–Kier alpha value is 0.0969. The van der Waals surface area contributed by atoms with E-state index in [1.807, 2.05) is 0 Å². The number of hydrogen-bond donors (Lipinski definition) is 1. The molecule has 0 aromatic carbocycles. The smallest absolute Gasteiger partial charge is 0.392 e. The van der Waals surface area contributed by atoms with Crippen LogP contribution in [-0.4, -0.2) is 27.5 Å². The first kappa shape index (κ1) is 5.24. The quantitative estimate of drug-likeness (QED) is 0.422. The van der Waals surface area contributed by atoms with Gasteiger partial charge in [-0.3, -0.25) is 0 Å². The molecule has 1 saturated heterocycles. The summed E-state index contributed by atoms with van der Waals surface area (Å²) in [6.07, 6.45) is 0.921. The van der Waals surface area contributed by atoms with Gasteiger partial charge in [0.2, 0.25) is 0 Å². The minimum atomic E-state index is -2.09. The summed E-state index contributed by atoms with van der Waals surface area (Å²) in [5.74, 6) is 0. The molecule has 0 aromatic heterocycles. The lowest BCUT2D eigenvalue weighted by molar-refractivity contribution is 0.0824. The van der Waals surface area contributed by atoms with E-state index in [1.54, 1.807) is 0 Å². The molecule has 0 aromatic rings. The van der Waals surface area contributed by atoms with Gasteiger partial charge in [-0.2, -0.15) is 0 Å². The highest BCUT2D eigenvalue weighted by atomic mass is 28.3. The van der Waals surface area contributed by atoms with Crippen molar-refractivity contribution in [1.29, 1.82) is 0 Å². The minimum absolute atomic E-state index is 0.674. The van der Waals surface area contributed by atoms with Gasteiger partial charge in [-0.25, -0.2) is 0 Å². The summed E-state index contributed by atoms with van der Waals surface area (Å²) in [6.45, 7) is 1.35. The monoisotopic (exact) mass is 120 g/mol. The molecule has 1 heterocycles. The molecule has 7 heavy (non-hydrogen) atoms. The zero-order chi connectivity index (χ0) is 5.11. The van der Waals surface area contributed by atoms with Crippen molar-refractivity contribution in [1.82, 2.24) is 0 Å². The van der Waals surface area contributed by atoms with Crippen LogP contribution in [0.4, 0.5) is 0 Å². The van der Waals surface area contributed by atoms with Gasteiger partial charge in [-0.05, 0) is 6.42 Å². The second-order valence-electron chi connectivity index (χ2n) is 1.40. The predicted molar refractivity (Wildman–Crippen MR) is 25.9 cm³/mol. The third kappa shape index (κ3) is 1.56. The highest BCUT2D eigenvalue weighted by Crippen LogP contribution is 1.95. The van der Waals surface area contributed by atoms with Crippen molar-refractivity contribution >= 4 is 9.53 Å². The first-order valence-corrected chi connectivity index (χ1v) is 3.77. The predicted octanol–water partition coefficient (Wildman–Crippen LogP) is -0.867. The molecule has 1 fully saturated rings. The Kier molecular flexibility index (Phi) is 1.81. The first-order valence-electron chi connectivity index (χ1n) is 2.31. The molecule has 3 nitrogen and oxygen atoms in total. The van der Waals surface area contributed by atoms with E-state index >= 15 is 0 Å². The highest BCUT2D eigenvalue weighted by Gasteiger charge is 2.12. The molecule has 4 heteroatoms. The van der Waals surface area contributed by atoms with Crippen molar-refractivity contribution in [3.63, 3.8) is 0 Å². The molecule has 0 unspecified atom stereocenters. The fourth-order valence-corrected chi connectivity index (χ4v) is 1.31. The molecule has 0 atom stereocenters. The second-order valence-corrected chi connectivity index (χ2v) is 2.68. The standard InChI is InChI=1S/C3H8O3Si/c4-7-5-2-1-3-6-7/h4,7H,1-3H2. The fourth-order valence-electron chi connectivity index (χ4n) is 0.475. The molecule has 0 aliphatic carbocycles. The molecule has 0 amide bonds. The van der Waals surface area contributed by atoms with Gasteiger partial charge >= 0.3 is 9.53 Å². The minimum Gasteiger partial charge on any atom is -0.392 e. The highest BCUT2D eigenvalue weighted by molar-refractivity contribution is 6.34. The van der Waals surface area contributed by atoms with E-state index in [0.29, 0.717) is 13.2 Å². The lowest BCUT2D eigenvalue weighted by atomic mass is 10.5. The number of hydrogen-bond acceptors (Lipinski definition) is 3. The van der Waals surface area contributed by atoms with E-state index < -0.39 is 9.53 Å². The van der Waals surface area contributed by atoms with Crippen LogP contribution in [0.1, 0.15) is 6.42 Å². The average Bonchev–Trinajstić information content (AvgIpc) is 1.69. The third-order valence-electron chi connectivity index (χ3n) is 0.810. The zero-order valence-electron chi connectivity index (χ0n) is 3.96. The normalized spacial score (nSPS) is 25.3. The molecule has 0 spiro atoms. The van der Waals surface area contributed by atoms with Crippen LogP contribution in [-0.2, 0) is 8.85 Å². The van der Waals surface area contributed by atoms with E-state index in [1.165, 1.54) is 0 Å². The van der Waals surface area contributed by atoms with Crippen molar-refractivity contribution in [2.75, 3.05) is 13.2 Å². The molecular formula is C3H8O3Si. The molecule has 1 aliphatic heterocycles. The van der Waals surface area contributed by atoms with Gasteiger partial charge < -0.3 is 13.6 Å². The largest absolute Gasteiger partial charge is 0.481 e. The molecule has 0 saturated carbocycles. The third-order valence-corrected chi connectivity index (χ3v) is 1.85. The van der Waals surface area contributed by atoms with E-state index in [-0.39, 0.29) is 0 Å². The fraction of sp³-hybridized carbons (Fsp3) is 1.00. The van der Waals surface area contributed by atoms with Gasteiger partial charge in [-0.15, -0.1) is 0 Å². The SMILES string of the molecule is O[SiH]1OCCCO1. The van der Waals surface area contributed by atoms with Gasteiger partial charge in [0.1, 0.15) is 0 Å². The first-order chi connectivity index (χ1) is 3.39. The zero-order valence-corrected chi connectivity index (χ0v) is 5.12. The van der Waals surface area contributed by atoms with Gasteiger partial charge in [0.15, 0.2) is 0 Å². The van der Waals surface area contributed by atoms with E-state index in [0.717, 1.165) is 6.42 Å². The Morgan fingerprint density at radius 1 is 1.29 bits per heavy atom. The average molecular weight is 120 g/mol. The van der Waals surface area contributed by atoms with Gasteiger partial charge in [0, 0.05) is 13.2 Å².